The van der Waals surface area contributed by atoms with E-state index in [-0.39, 0.29) is 42.3 Å². The molecule has 35 heavy (non-hydrogen) atoms. The van der Waals surface area contributed by atoms with Crippen molar-refractivity contribution < 1.29 is 29.4 Å². The predicted octanol–water partition coefficient (Wildman–Crippen LogP) is 4.00. The summed E-state index contributed by atoms with van der Waals surface area (Å²) < 4.78 is 0. The largest absolute Gasteiger partial charge is 0.393 e. The number of hydrogen-bond acceptors (Lipinski definition) is 6. The van der Waals surface area contributed by atoms with Gasteiger partial charge in [0.05, 0.1) is 12.2 Å². The third-order valence-electron chi connectivity index (χ3n) is 11.4. The smallest absolute Gasteiger partial charge is 0.333 e. The number of fused-ring (bicyclic) bond motifs is 5. The maximum atomic E-state index is 12.4. The average molecular weight is 490 g/mol. The van der Waals surface area contributed by atoms with Gasteiger partial charge >= 0.3 is 5.97 Å². The van der Waals surface area contributed by atoms with Gasteiger partial charge in [-0.25, -0.2) is 4.79 Å². The highest BCUT2D eigenvalue weighted by atomic mass is 16.7. The Bertz CT molecular complexity index is 860. The lowest BCUT2D eigenvalue weighted by atomic mass is 9.43. The average Bonchev–Trinajstić information content (AvgIpc) is 3.32. The fraction of sp³-hybridized carbons (Fsp3) is 0.893. The van der Waals surface area contributed by atoms with Crippen LogP contribution in [-0.4, -0.2) is 45.3 Å². The van der Waals surface area contributed by atoms with E-state index < -0.39 is 17.8 Å². The summed E-state index contributed by atoms with van der Waals surface area (Å²) in [4.78, 5) is 40.9. The van der Waals surface area contributed by atoms with Crippen LogP contribution in [0.2, 0.25) is 0 Å². The number of hydroxylamine groups is 2. The van der Waals surface area contributed by atoms with Crippen molar-refractivity contribution in [3.05, 3.63) is 0 Å². The van der Waals surface area contributed by atoms with E-state index in [1.807, 2.05) is 0 Å². The van der Waals surface area contributed by atoms with Gasteiger partial charge in [0.15, 0.2) is 0 Å². The van der Waals surface area contributed by atoms with Crippen LogP contribution >= 0.6 is 0 Å². The summed E-state index contributed by atoms with van der Waals surface area (Å²) in [6.45, 7) is 7.08. The maximum absolute atomic E-state index is 12.4. The fourth-order valence-electron chi connectivity index (χ4n) is 9.53. The number of rotatable bonds is 5. The molecule has 0 aromatic carbocycles. The summed E-state index contributed by atoms with van der Waals surface area (Å²) in [6.07, 6.45) is 8.77. The second-order valence-electron chi connectivity index (χ2n) is 13.0. The van der Waals surface area contributed by atoms with Crippen molar-refractivity contribution in [3.63, 3.8) is 0 Å². The van der Waals surface area contributed by atoms with E-state index >= 15 is 0 Å². The van der Waals surface area contributed by atoms with Crippen molar-refractivity contribution in [2.75, 3.05) is 0 Å². The Morgan fingerprint density at radius 2 is 1.66 bits per heavy atom. The van der Waals surface area contributed by atoms with Crippen molar-refractivity contribution in [2.24, 2.45) is 46.3 Å². The van der Waals surface area contributed by atoms with E-state index in [0.29, 0.717) is 47.0 Å². The molecule has 4 saturated carbocycles. The number of carbonyl (C=O) groups is 3. The lowest BCUT2D eigenvalue weighted by Gasteiger charge is -2.62. The summed E-state index contributed by atoms with van der Waals surface area (Å²) in [5.74, 6) is 1.21. The number of hydrogen-bond donors (Lipinski definition) is 2. The SMILES string of the molecule is C[C@H](CCC(=O)ON1C(=O)CCC1=O)C1CCC2C3C(O)CC4CC(O)CCC4(C)C3CCC21C. The molecule has 0 radical (unpaired) electrons. The zero-order valence-electron chi connectivity index (χ0n) is 21.6. The van der Waals surface area contributed by atoms with Crippen LogP contribution in [-0.2, 0) is 19.2 Å². The molecule has 5 aliphatic rings. The van der Waals surface area contributed by atoms with Gasteiger partial charge in [0.1, 0.15) is 0 Å². The molecule has 7 nitrogen and oxygen atoms in total. The van der Waals surface area contributed by atoms with E-state index in [1.54, 1.807) is 0 Å². The van der Waals surface area contributed by atoms with Crippen LogP contribution in [0.5, 0.6) is 0 Å². The highest BCUT2D eigenvalue weighted by Gasteiger charge is 2.62. The summed E-state index contributed by atoms with van der Waals surface area (Å²) >= 11 is 0. The molecule has 0 aromatic rings. The van der Waals surface area contributed by atoms with Gasteiger partial charge in [-0.2, -0.15) is 0 Å². The first-order valence-corrected chi connectivity index (χ1v) is 14.0. The minimum atomic E-state index is -0.509. The van der Waals surface area contributed by atoms with Crippen LogP contribution in [0.4, 0.5) is 0 Å². The fourth-order valence-corrected chi connectivity index (χ4v) is 9.53. The Morgan fingerprint density at radius 1 is 1.00 bits per heavy atom. The van der Waals surface area contributed by atoms with Crippen molar-refractivity contribution in [2.45, 2.75) is 110 Å². The molecular weight excluding hydrogens is 446 g/mol. The number of imide groups is 1. The molecule has 2 amide bonds. The number of carbonyl (C=O) groups excluding carboxylic acids is 3. The highest BCUT2D eigenvalue weighted by Crippen LogP contribution is 2.68. The second kappa shape index (κ2) is 9.13. The molecule has 5 rings (SSSR count). The molecule has 1 saturated heterocycles. The maximum Gasteiger partial charge on any atom is 0.333 e. The molecule has 9 unspecified atom stereocenters. The summed E-state index contributed by atoms with van der Waals surface area (Å²) in [7, 11) is 0. The molecular formula is C28H43NO6. The van der Waals surface area contributed by atoms with Gasteiger partial charge in [0.25, 0.3) is 11.8 Å². The van der Waals surface area contributed by atoms with E-state index in [9.17, 15) is 24.6 Å². The zero-order chi connectivity index (χ0) is 25.1. The third-order valence-corrected chi connectivity index (χ3v) is 11.4. The summed E-state index contributed by atoms with van der Waals surface area (Å²) in [6, 6.07) is 0. The van der Waals surface area contributed by atoms with Gasteiger partial charge in [0.2, 0.25) is 0 Å². The van der Waals surface area contributed by atoms with Crippen molar-refractivity contribution in [1.82, 2.24) is 5.06 Å². The van der Waals surface area contributed by atoms with E-state index in [0.717, 1.165) is 51.4 Å². The van der Waals surface area contributed by atoms with Gasteiger partial charge in [-0.1, -0.05) is 20.8 Å². The first kappa shape index (κ1) is 25.2. The van der Waals surface area contributed by atoms with Crippen molar-refractivity contribution in [3.8, 4) is 0 Å². The third kappa shape index (κ3) is 4.14. The van der Waals surface area contributed by atoms with Crippen LogP contribution in [0.3, 0.4) is 0 Å². The van der Waals surface area contributed by atoms with Gasteiger partial charge in [-0.15, -0.1) is 5.06 Å². The Labute approximate surface area is 208 Å². The van der Waals surface area contributed by atoms with Crippen LogP contribution in [0.1, 0.15) is 97.8 Å². The summed E-state index contributed by atoms with van der Waals surface area (Å²) in [5.41, 5.74) is 0.381. The van der Waals surface area contributed by atoms with Crippen LogP contribution in [0.25, 0.3) is 0 Å². The Morgan fingerprint density at radius 3 is 2.37 bits per heavy atom. The first-order valence-electron chi connectivity index (χ1n) is 14.0. The number of aliphatic hydroxyl groups is 2. The second-order valence-corrected chi connectivity index (χ2v) is 13.0. The van der Waals surface area contributed by atoms with Crippen LogP contribution in [0.15, 0.2) is 0 Å². The van der Waals surface area contributed by atoms with Crippen LogP contribution < -0.4 is 0 Å². The van der Waals surface area contributed by atoms with Gasteiger partial charge in [-0.3, -0.25) is 9.59 Å². The van der Waals surface area contributed by atoms with Gasteiger partial charge < -0.3 is 15.1 Å². The molecule has 4 aliphatic carbocycles. The lowest BCUT2D eigenvalue weighted by molar-refractivity contribution is -0.197. The molecule has 0 spiro atoms. The molecule has 0 aromatic heterocycles. The normalized spacial score (nSPS) is 46.1. The van der Waals surface area contributed by atoms with Gasteiger partial charge in [-0.05, 0) is 104 Å². The first-order chi connectivity index (χ1) is 16.5. The number of aliphatic hydroxyl groups excluding tert-OH is 2. The molecule has 0 bridgehead atoms. The monoisotopic (exact) mass is 489 g/mol. The molecule has 2 N–H and O–H groups in total. The van der Waals surface area contributed by atoms with Crippen molar-refractivity contribution >= 4 is 17.8 Å². The molecule has 1 aliphatic heterocycles. The van der Waals surface area contributed by atoms with E-state index in [4.69, 9.17) is 4.84 Å². The minimum absolute atomic E-state index is 0.110. The molecule has 1 heterocycles. The molecule has 196 valence electrons. The standard InChI is InChI=1S/C28H43NO6/c1-16(4-9-25(34)35-29-23(32)7-8-24(29)33)19-5-6-20-26-21(11-13-28(19,20)3)27(2)12-10-18(30)14-17(27)15-22(26)31/h16-22,26,30-31H,4-15H2,1-3H3/t16-,17?,18?,19?,20?,21?,22?,26?,27?,28?/m1/s1. The van der Waals surface area contributed by atoms with Gasteiger partial charge in [0, 0.05) is 19.3 Å². The highest BCUT2D eigenvalue weighted by molar-refractivity contribution is 6.01. The lowest BCUT2D eigenvalue weighted by Crippen LogP contribution is -2.58. The molecule has 7 heteroatoms. The van der Waals surface area contributed by atoms with Crippen molar-refractivity contribution in [1.29, 1.82) is 0 Å². The topological polar surface area (TPSA) is 104 Å². The molecule has 5 fully saturated rings. The zero-order valence-corrected chi connectivity index (χ0v) is 21.6. The van der Waals surface area contributed by atoms with E-state index in [2.05, 4.69) is 20.8 Å². The minimum Gasteiger partial charge on any atom is -0.393 e. The van der Waals surface area contributed by atoms with Crippen LogP contribution in [0, 0.1) is 46.3 Å². The molecule has 10 atom stereocenters. The number of nitrogens with zero attached hydrogens (tertiary/aromatic N) is 1. The Hall–Kier alpha value is -1.47. The van der Waals surface area contributed by atoms with E-state index in [1.165, 1.54) is 0 Å². The summed E-state index contributed by atoms with van der Waals surface area (Å²) in [5, 5.41) is 22.3. The number of amides is 2. The Kier molecular flexibility index (Phi) is 6.57. The Balaban J connectivity index is 1.23. The predicted molar refractivity (Wildman–Crippen MR) is 128 cm³/mol. The quantitative estimate of drug-likeness (QED) is 0.566.